The summed E-state index contributed by atoms with van der Waals surface area (Å²) in [6, 6.07) is 0.878. The molecule has 0 aromatic heterocycles. The second kappa shape index (κ2) is 7.61. The highest BCUT2D eigenvalue weighted by molar-refractivity contribution is 6.39. The van der Waals surface area contributed by atoms with Gasteiger partial charge in [-0.1, -0.05) is 6.04 Å². The molecule has 1 unspecified atom stereocenters. The summed E-state index contributed by atoms with van der Waals surface area (Å²) < 4.78 is 20.7. The summed E-state index contributed by atoms with van der Waals surface area (Å²) in [5, 5.41) is 0. The summed E-state index contributed by atoms with van der Waals surface area (Å²) in [6.45, 7) is 6.38. The molecule has 0 bridgehead atoms. The van der Waals surface area contributed by atoms with Gasteiger partial charge in [0.25, 0.3) is 0 Å². The highest BCUT2D eigenvalue weighted by Gasteiger charge is 2.30. The second-order valence-corrected chi connectivity index (χ2v) is 7.30. The summed E-state index contributed by atoms with van der Waals surface area (Å²) >= 11 is 0. The lowest BCUT2D eigenvalue weighted by molar-refractivity contribution is -0.194. The molecule has 7 heteroatoms. The van der Waals surface area contributed by atoms with Gasteiger partial charge in [-0.25, -0.2) is 0 Å². The van der Waals surface area contributed by atoms with Crippen molar-refractivity contribution >= 4 is 21.5 Å². The summed E-state index contributed by atoms with van der Waals surface area (Å²) in [6.07, 6.45) is 1.15. The van der Waals surface area contributed by atoms with Crippen LogP contribution in [-0.4, -0.2) is 52.8 Å². The van der Waals surface area contributed by atoms with E-state index in [0.29, 0.717) is 13.2 Å². The van der Waals surface area contributed by atoms with E-state index in [9.17, 15) is 9.59 Å². The van der Waals surface area contributed by atoms with Crippen molar-refractivity contribution in [3.05, 3.63) is 0 Å². The van der Waals surface area contributed by atoms with E-state index in [1.807, 2.05) is 0 Å². The number of epoxide rings is 1. The summed E-state index contributed by atoms with van der Waals surface area (Å²) in [5.41, 5.74) is -1.04. The number of carbonyl (C=O) groups is 2. The van der Waals surface area contributed by atoms with E-state index in [1.54, 1.807) is 6.92 Å². The highest BCUT2D eigenvalue weighted by atomic mass is 28.2. The normalized spacial score (nSPS) is 18.6. The minimum Gasteiger partial charge on any atom is -0.428 e. The van der Waals surface area contributed by atoms with Crippen molar-refractivity contribution < 1.29 is 28.5 Å². The zero-order valence-electron chi connectivity index (χ0n) is 11.8. The molecule has 1 aliphatic rings. The van der Waals surface area contributed by atoms with E-state index in [0.717, 1.165) is 19.1 Å². The summed E-state index contributed by atoms with van der Waals surface area (Å²) in [7, 11) is -0.886. The van der Waals surface area contributed by atoms with Crippen molar-refractivity contribution in [2.45, 2.75) is 44.8 Å². The standard InChI is InChI=1S/C12H22O6Si/c1-9(13)17-12(3,18-10(2)14)19-6-4-5-15-7-11-8-16-11/h11H,4-8,19H2,1-3H3. The van der Waals surface area contributed by atoms with Gasteiger partial charge in [0, 0.05) is 27.4 Å². The zero-order valence-corrected chi connectivity index (χ0v) is 13.2. The van der Waals surface area contributed by atoms with E-state index < -0.39 is 26.9 Å². The molecule has 0 saturated carbocycles. The fraction of sp³-hybridized carbons (Fsp3) is 0.833. The lowest BCUT2D eigenvalue weighted by Gasteiger charge is -2.28. The molecule has 0 aromatic carbocycles. The fourth-order valence-corrected chi connectivity index (χ4v) is 3.47. The Morgan fingerprint density at radius 3 is 2.37 bits per heavy atom. The van der Waals surface area contributed by atoms with Crippen LogP contribution < -0.4 is 0 Å². The number of esters is 2. The smallest absolute Gasteiger partial charge is 0.305 e. The van der Waals surface area contributed by atoms with Crippen LogP contribution in [0.3, 0.4) is 0 Å². The van der Waals surface area contributed by atoms with Crippen LogP contribution in [0, 0.1) is 0 Å². The van der Waals surface area contributed by atoms with Crippen LogP contribution in [0.4, 0.5) is 0 Å². The number of ether oxygens (including phenoxy) is 4. The zero-order chi connectivity index (χ0) is 14.3. The molecular formula is C12H22O6Si. The van der Waals surface area contributed by atoms with Crippen LogP contribution >= 0.6 is 0 Å². The van der Waals surface area contributed by atoms with Gasteiger partial charge < -0.3 is 18.9 Å². The Balaban J connectivity index is 2.18. The van der Waals surface area contributed by atoms with Crippen LogP contribution in [0.25, 0.3) is 0 Å². The first kappa shape index (κ1) is 16.1. The maximum atomic E-state index is 11.0. The van der Waals surface area contributed by atoms with Crippen LogP contribution in [-0.2, 0) is 28.5 Å². The number of carbonyl (C=O) groups excluding carboxylic acids is 2. The summed E-state index contributed by atoms with van der Waals surface area (Å²) in [4.78, 5) is 22.1. The molecule has 19 heavy (non-hydrogen) atoms. The van der Waals surface area contributed by atoms with Gasteiger partial charge >= 0.3 is 11.9 Å². The van der Waals surface area contributed by atoms with Crippen molar-refractivity contribution in [1.29, 1.82) is 0 Å². The molecule has 0 N–H and O–H groups in total. The van der Waals surface area contributed by atoms with Crippen LogP contribution in [0.15, 0.2) is 0 Å². The number of hydrogen-bond donors (Lipinski definition) is 0. The number of rotatable bonds is 9. The van der Waals surface area contributed by atoms with Crippen molar-refractivity contribution in [1.82, 2.24) is 0 Å². The third-order valence-electron chi connectivity index (χ3n) is 2.59. The SMILES string of the molecule is CC(=O)OC(C)(OC(C)=O)[SiH2]CCCOCC1CO1. The highest BCUT2D eigenvalue weighted by Crippen LogP contribution is 2.15. The van der Waals surface area contributed by atoms with Crippen LogP contribution in [0.2, 0.25) is 6.04 Å². The van der Waals surface area contributed by atoms with Gasteiger partial charge in [-0.05, 0) is 6.42 Å². The first-order valence-electron chi connectivity index (χ1n) is 6.50. The first-order chi connectivity index (χ1) is 8.91. The minimum absolute atomic E-state index is 0.282. The van der Waals surface area contributed by atoms with Crippen LogP contribution in [0.5, 0.6) is 0 Å². The van der Waals surface area contributed by atoms with Gasteiger partial charge in [-0.2, -0.15) is 0 Å². The molecule has 1 heterocycles. The molecule has 0 radical (unpaired) electrons. The second-order valence-electron chi connectivity index (χ2n) is 4.81. The van der Waals surface area contributed by atoms with Gasteiger partial charge in [0.05, 0.1) is 13.2 Å². The first-order valence-corrected chi connectivity index (χ1v) is 8.20. The molecular weight excluding hydrogens is 268 g/mol. The van der Waals surface area contributed by atoms with Gasteiger partial charge in [-0.3, -0.25) is 9.59 Å². The number of hydrogen-bond acceptors (Lipinski definition) is 6. The quantitative estimate of drug-likeness (QED) is 0.198. The molecule has 0 spiro atoms. The lowest BCUT2D eigenvalue weighted by atomic mass is 10.5. The molecule has 110 valence electrons. The molecule has 1 atom stereocenters. The van der Waals surface area contributed by atoms with Gasteiger partial charge in [0.1, 0.15) is 15.6 Å². The molecule has 1 aliphatic heterocycles. The molecule has 1 saturated heterocycles. The molecule has 1 fully saturated rings. The largest absolute Gasteiger partial charge is 0.428 e. The minimum atomic E-state index is -1.04. The van der Waals surface area contributed by atoms with Crippen molar-refractivity contribution in [2.24, 2.45) is 0 Å². The van der Waals surface area contributed by atoms with E-state index in [2.05, 4.69) is 0 Å². The molecule has 0 aromatic rings. The molecule has 0 aliphatic carbocycles. The third kappa shape index (κ3) is 7.96. The maximum absolute atomic E-state index is 11.0. The molecule has 1 rings (SSSR count). The summed E-state index contributed by atoms with van der Waals surface area (Å²) in [5.74, 6) is -0.864. The van der Waals surface area contributed by atoms with Crippen molar-refractivity contribution in [2.75, 3.05) is 19.8 Å². The Hall–Kier alpha value is -0.923. The molecule has 0 amide bonds. The van der Waals surface area contributed by atoms with Gasteiger partial charge in [-0.15, -0.1) is 0 Å². The van der Waals surface area contributed by atoms with E-state index in [1.165, 1.54) is 13.8 Å². The average Bonchev–Trinajstić information content (AvgIpc) is 3.04. The van der Waals surface area contributed by atoms with Gasteiger partial charge in [0.2, 0.25) is 5.41 Å². The van der Waals surface area contributed by atoms with Crippen molar-refractivity contribution in [3.8, 4) is 0 Å². The lowest BCUT2D eigenvalue weighted by Crippen LogP contribution is -2.41. The van der Waals surface area contributed by atoms with E-state index in [4.69, 9.17) is 18.9 Å². The predicted molar refractivity (Wildman–Crippen MR) is 70.5 cm³/mol. The monoisotopic (exact) mass is 290 g/mol. The van der Waals surface area contributed by atoms with E-state index >= 15 is 0 Å². The Morgan fingerprint density at radius 1 is 1.32 bits per heavy atom. The maximum Gasteiger partial charge on any atom is 0.305 e. The predicted octanol–water partition coefficient (Wildman–Crippen LogP) is 0.179. The Bertz CT molecular complexity index is 299. The van der Waals surface area contributed by atoms with E-state index in [-0.39, 0.29) is 6.10 Å². The third-order valence-corrected chi connectivity index (χ3v) is 4.65. The fourth-order valence-electron chi connectivity index (χ4n) is 1.76. The van der Waals surface area contributed by atoms with Crippen molar-refractivity contribution in [3.63, 3.8) is 0 Å². The van der Waals surface area contributed by atoms with Crippen LogP contribution in [0.1, 0.15) is 27.2 Å². The Kier molecular flexibility index (Phi) is 6.46. The average molecular weight is 290 g/mol. The molecule has 6 nitrogen and oxygen atoms in total. The Labute approximate surface area is 115 Å². The van der Waals surface area contributed by atoms with Gasteiger partial charge in [0.15, 0.2) is 0 Å². The topological polar surface area (TPSA) is 74.4 Å². The Morgan fingerprint density at radius 2 is 1.89 bits per heavy atom.